The Morgan fingerprint density at radius 2 is 1.64 bits per heavy atom. The summed E-state index contributed by atoms with van der Waals surface area (Å²) >= 11 is 2.24. The molecule has 0 saturated carbocycles. The smallest absolute Gasteiger partial charge is 0.260 e. The minimum Gasteiger partial charge on any atom is -0.497 e. The third-order valence-electron chi connectivity index (χ3n) is 4.78. The van der Waals surface area contributed by atoms with Gasteiger partial charge in [0.1, 0.15) is 17.2 Å². The molecule has 1 heterocycles. The van der Waals surface area contributed by atoms with Gasteiger partial charge >= 0.3 is 0 Å². The Morgan fingerprint density at radius 3 is 2.29 bits per heavy atom. The molecule has 1 aliphatic rings. The summed E-state index contributed by atoms with van der Waals surface area (Å²) in [5.41, 5.74) is 1.09. The number of methoxy groups -OCH3 is 2. The van der Waals surface area contributed by atoms with Gasteiger partial charge in [0.15, 0.2) is 6.61 Å². The van der Waals surface area contributed by atoms with E-state index < -0.39 is 0 Å². The van der Waals surface area contributed by atoms with Gasteiger partial charge in [0.25, 0.3) is 5.91 Å². The third kappa shape index (κ3) is 5.51. The fraction of sp³-hybridized carbons (Fsp3) is 0.381. The molecular weight excluding hydrogens is 471 g/mol. The van der Waals surface area contributed by atoms with Gasteiger partial charge in [-0.2, -0.15) is 0 Å². The lowest BCUT2D eigenvalue weighted by Crippen LogP contribution is -2.49. The van der Waals surface area contributed by atoms with Crippen LogP contribution in [-0.2, 0) is 11.3 Å². The first-order valence-corrected chi connectivity index (χ1v) is 10.3. The minimum atomic E-state index is 0.0251. The normalized spacial score (nSPS) is 14.6. The van der Waals surface area contributed by atoms with Gasteiger partial charge < -0.3 is 19.1 Å². The molecule has 1 amide bonds. The van der Waals surface area contributed by atoms with E-state index in [1.54, 1.807) is 14.2 Å². The van der Waals surface area contributed by atoms with Crippen molar-refractivity contribution in [2.24, 2.45) is 0 Å². The highest BCUT2D eigenvalue weighted by atomic mass is 127. The molecule has 1 saturated heterocycles. The van der Waals surface area contributed by atoms with Gasteiger partial charge in [0.05, 0.1) is 14.2 Å². The van der Waals surface area contributed by atoms with Crippen molar-refractivity contribution in [2.45, 2.75) is 6.54 Å². The average molecular weight is 496 g/mol. The zero-order valence-corrected chi connectivity index (χ0v) is 18.3. The summed E-state index contributed by atoms with van der Waals surface area (Å²) in [7, 11) is 3.34. The van der Waals surface area contributed by atoms with Gasteiger partial charge in [0.2, 0.25) is 0 Å². The fourth-order valence-electron chi connectivity index (χ4n) is 3.17. The standard InChI is InChI=1S/C21H25IN2O4/c1-26-19-7-8-20(27-2)16(13-19)14-23-9-11-24(12-10-23)21(25)15-28-18-5-3-17(22)4-6-18/h3-8,13H,9-12,14-15H2,1-2H3. The maximum atomic E-state index is 12.4. The van der Waals surface area contributed by atoms with Gasteiger partial charge in [-0.1, -0.05) is 0 Å². The van der Waals surface area contributed by atoms with Crippen LogP contribution >= 0.6 is 22.6 Å². The Morgan fingerprint density at radius 1 is 0.964 bits per heavy atom. The number of hydrogen-bond acceptors (Lipinski definition) is 5. The Balaban J connectivity index is 1.49. The van der Waals surface area contributed by atoms with Crippen molar-refractivity contribution in [2.75, 3.05) is 47.0 Å². The van der Waals surface area contributed by atoms with Gasteiger partial charge in [-0.05, 0) is 65.1 Å². The van der Waals surface area contributed by atoms with Gasteiger partial charge in [-0.15, -0.1) is 0 Å². The molecule has 7 heteroatoms. The van der Waals surface area contributed by atoms with Gasteiger partial charge in [-0.25, -0.2) is 0 Å². The maximum absolute atomic E-state index is 12.4. The SMILES string of the molecule is COc1ccc(OC)c(CN2CCN(C(=O)COc3ccc(I)cc3)CC2)c1. The predicted molar refractivity (Wildman–Crippen MR) is 116 cm³/mol. The summed E-state index contributed by atoms with van der Waals surface area (Å²) in [5, 5.41) is 0. The van der Waals surface area contributed by atoms with Crippen LogP contribution in [0.25, 0.3) is 0 Å². The van der Waals surface area contributed by atoms with Crippen LogP contribution < -0.4 is 14.2 Å². The molecule has 1 fully saturated rings. The van der Waals surface area contributed by atoms with E-state index in [9.17, 15) is 4.79 Å². The van der Waals surface area contributed by atoms with E-state index in [-0.39, 0.29) is 12.5 Å². The van der Waals surface area contributed by atoms with Crippen molar-refractivity contribution in [3.05, 3.63) is 51.6 Å². The van der Waals surface area contributed by atoms with E-state index in [0.29, 0.717) is 13.1 Å². The van der Waals surface area contributed by atoms with Crippen molar-refractivity contribution in [3.63, 3.8) is 0 Å². The van der Waals surface area contributed by atoms with E-state index in [1.165, 1.54) is 0 Å². The molecule has 2 aromatic carbocycles. The molecule has 2 aromatic rings. The lowest BCUT2D eigenvalue weighted by atomic mass is 10.1. The molecule has 0 atom stereocenters. The van der Waals surface area contributed by atoms with E-state index in [0.717, 1.165) is 46.0 Å². The molecule has 0 aliphatic carbocycles. The fourth-order valence-corrected chi connectivity index (χ4v) is 3.53. The number of carbonyl (C=O) groups is 1. The number of carbonyl (C=O) groups excluding carboxylic acids is 1. The second kappa shape index (κ2) is 9.97. The molecule has 0 aromatic heterocycles. The van der Waals surface area contributed by atoms with Crippen LogP contribution in [0.15, 0.2) is 42.5 Å². The first-order valence-electron chi connectivity index (χ1n) is 9.18. The first kappa shape index (κ1) is 20.7. The topological polar surface area (TPSA) is 51.2 Å². The molecule has 0 unspecified atom stereocenters. The highest BCUT2D eigenvalue weighted by molar-refractivity contribution is 14.1. The highest BCUT2D eigenvalue weighted by Crippen LogP contribution is 2.25. The number of benzene rings is 2. The third-order valence-corrected chi connectivity index (χ3v) is 5.50. The zero-order valence-electron chi connectivity index (χ0n) is 16.2. The summed E-state index contributed by atoms with van der Waals surface area (Å²) in [5.74, 6) is 2.41. The Labute approximate surface area is 179 Å². The van der Waals surface area contributed by atoms with Crippen LogP contribution in [-0.4, -0.2) is 62.7 Å². The van der Waals surface area contributed by atoms with Gasteiger partial charge in [0, 0.05) is 41.9 Å². The lowest BCUT2D eigenvalue weighted by Gasteiger charge is -2.35. The van der Waals surface area contributed by atoms with Crippen LogP contribution in [0.3, 0.4) is 0 Å². The van der Waals surface area contributed by atoms with Crippen molar-refractivity contribution in [1.29, 1.82) is 0 Å². The van der Waals surface area contributed by atoms with Crippen LogP contribution in [0, 0.1) is 3.57 Å². The van der Waals surface area contributed by atoms with E-state index in [1.807, 2.05) is 47.4 Å². The quantitative estimate of drug-likeness (QED) is 0.552. The van der Waals surface area contributed by atoms with Crippen molar-refractivity contribution >= 4 is 28.5 Å². The summed E-state index contributed by atoms with van der Waals surface area (Å²) in [4.78, 5) is 16.6. The Kier molecular flexibility index (Phi) is 7.38. The predicted octanol–water partition coefficient (Wildman–Crippen LogP) is 3.03. The molecule has 3 rings (SSSR count). The molecule has 0 spiro atoms. The minimum absolute atomic E-state index is 0.0251. The molecule has 150 valence electrons. The van der Waals surface area contributed by atoms with Crippen LogP contribution in [0.4, 0.5) is 0 Å². The largest absolute Gasteiger partial charge is 0.497 e. The van der Waals surface area contributed by atoms with Crippen molar-refractivity contribution in [1.82, 2.24) is 9.80 Å². The molecule has 0 radical (unpaired) electrons. The molecule has 6 nitrogen and oxygen atoms in total. The first-order chi connectivity index (χ1) is 13.6. The second-order valence-electron chi connectivity index (χ2n) is 6.58. The molecule has 0 N–H and O–H groups in total. The average Bonchev–Trinajstić information content (AvgIpc) is 2.73. The summed E-state index contributed by atoms with van der Waals surface area (Å²) in [6.45, 7) is 3.86. The number of ether oxygens (including phenoxy) is 3. The molecule has 0 bridgehead atoms. The van der Waals surface area contributed by atoms with Gasteiger partial charge in [-0.3, -0.25) is 9.69 Å². The second-order valence-corrected chi connectivity index (χ2v) is 7.82. The van der Waals surface area contributed by atoms with E-state index in [4.69, 9.17) is 14.2 Å². The summed E-state index contributed by atoms with van der Waals surface area (Å²) in [6.07, 6.45) is 0. The number of hydrogen-bond donors (Lipinski definition) is 0. The lowest BCUT2D eigenvalue weighted by molar-refractivity contribution is -0.135. The van der Waals surface area contributed by atoms with Crippen LogP contribution in [0.2, 0.25) is 0 Å². The monoisotopic (exact) mass is 496 g/mol. The number of nitrogens with zero attached hydrogens (tertiary/aromatic N) is 2. The summed E-state index contributed by atoms with van der Waals surface area (Å²) < 4.78 is 17.5. The molecular formula is C21H25IN2O4. The summed E-state index contributed by atoms with van der Waals surface area (Å²) in [6, 6.07) is 13.5. The molecule has 28 heavy (non-hydrogen) atoms. The van der Waals surface area contributed by atoms with Crippen LogP contribution in [0.5, 0.6) is 17.2 Å². The Hall–Kier alpha value is -2.00. The number of halogens is 1. The number of rotatable bonds is 7. The number of piperazine rings is 1. The molecule has 1 aliphatic heterocycles. The van der Waals surface area contributed by atoms with E-state index >= 15 is 0 Å². The van der Waals surface area contributed by atoms with Crippen LogP contribution in [0.1, 0.15) is 5.56 Å². The van der Waals surface area contributed by atoms with Crippen molar-refractivity contribution in [3.8, 4) is 17.2 Å². The number of amides is 1. The highest BCUT2D eigenvalue weighted by Gasteiger charge is 2.22. The Bertz CT molecular complexity index is 789. The zero-order chi connectivity index (χ0) is 19.9. The van der Waals surface area contributed by atoms with E-state index in [2.05, 4.69) is 27.5 Å². The maximum Gasteiger partial charge on any atom is 0.260 e. The van der Waals surface area contributed by atoms with Crippen molar-refractivity contribution < 1.29 is 19.0 Å².